The molecule has 0 spiro atoms. The molecule has 1 aliphatic heterocycles. The molecule has 8 nitrogen and oxygen atoms in total. The molecule has 3 aromatic rings. The summed E-state index contributed by atoms with van der Waals surface area (Å²) in [5.41, 5.74) is 1.83. The van der Waals surface area contributed by atoms with E-state index >= 15 is 0 Å². The van der Waals surface area contributed by atoms with E-state index in [-0.39, 0.29) is 5.91 Å². The Hall–Kier alpha value is -2.52. The Morgan fingerprint density at radius 3 is 2.78 bits per heavy atom. The van der Waals surface area contributed by atoms with Gasteiger partial charge < -0.3 is 13.9 Å². The molecule has 4 rings (SSSR count). The highest BCUT2D eigenvalue weighted by molar-refractivity contribution is 7.08. The Labute approximate surface area is 160 Å². The molecular formula is C18H21N5O3S. The number of carbonyl (C=O) groups excluding carboxylic acids is 1. The van der Waals surface area contributed by atoms with Crippen LogP contribution in [0.3, 0.4) is 0 Å². The van der Waals surface area contributed by atoms with Crippen LogP contribution in [0.2, 0.25) is 0 Å². The van der Waals surface area contributed by atoms with Crippen LogP contribution >= 0.6 is 11.3 Å². The molecule has 4 heterocycles. The van der Waals surface area contributed by atoms with Crippen LogP contribution in [0.5, 0.6) is 0 Å². The van der Waals surface area contributed by atoms with Crippen LogP contribution in [-0.4, -0.2) is 57.2 Å². The lowest BCUT2D eigenvalue weighted by atomic mass is 10.2. The predicted octanol–water partition coefficient (Wildman–Crippen LogP) is 2.37. The topological polar surface area (TPSA) is 88.5 Å². The molecule has 0 unspecified atom stereocenters. The van der Waals surface area contributed by atoms with E-state index in [1.54, 1.807) is 11.3 Å². The van der Waals surface area contributed by atoms with Crippen molar-refractivity contribution in [1.29, 1.82) is 0 Å². The number of aryl methyl sites for hydroxylation is 2. The van der Waals surface area contributed by atoms with Crippen LogP contribution < -0.4 is 0 Å². The molecule has 0 atom stereocenters. The molecule has 0 saturated carbocycles. The van der Waals surface area contributed by atoms with Gasteiger partial charge in [-0.1, -0.05) is 10.3 Å². The second-order valence-electron chi connectivity index (χ2n) is 6.62. The molecule has 0 radical (unpaired) electrons. The SMILES string of the molecule is Cc1cc(CN2CCN(C(=O)CCc3nc(-c4ccsc4)no3)CC2)on1. The van der Waals surface area contributed by atoms with Crippen molar-refractivity contribution in [1.82, 2.24) is 25.1 Å². The lowest BCUT2D eigenvalue weighted by Gasteiger charge is -2.34. The molecule has 0 aromatic carbocycles. The van der Waals surface area contributed by atoms with Crippen LogP contribution in [-0.2, 0) is 17.8 Å². The molecule has 1 amide bonds. The lowest BCUT2D eigenvalue weighted by molar-refractivity contribution is -0.133. The fourth-order valence-corrected chi connectivity index (χ4v) is 3.74. The summed E-state index contributed by atoms with van der Waals surface area (Å²) < 4.78 is 10.5. The fraction of sp³-hybridized carbons (Fsp3) is 0.444. The summed E-state index contributed by atoms with van der Waals surface area (Å²) in [4.78, 5) is 21.0. The van der Waals surface area contributed by atoms with Gasteiger partial charge in [-0.15, -0.1) is 0 Å². The van der Waals surface area contributed by atoms with Crippen molar-refractivity contribution in [3.8, 4) is 11.4 Å². The summed E-state index contributed by atoms with van der Waals surface area (Å²) in [5.74, 6) is 2.07. The van der Waals surface area contributed by atoms with Gasteiger partial charge >= 0.3 is 0 Å². The van der Waals surface area contributed by atoms with Gasteiger partial charge in [0.15, 0.2) is 5.76 Å². The molecule has 0 aliphatic carbocycles. The van der Waals surface area contributed by atoms with E-state index in [1.807, 2.05) is 34.7 Å². The van der Waals surface area contributed by atoms with Crippen molar-refractivity contribution < 1.29 is 13.8 Å². The molecule has 27 heavy (non-hydrogen) atoms. The van der Waals surface area contributed by atoms with Gasteiger partial charge in [0.1, 0.15) is 0 Å². The number of carbonyl (C=O) groups is 1. The van der Waals surface area contributed by atoms with E-state index in [9.17, 15) is 4.79 Å². The number of piperazine rings is 1. The average Bonchev–Trinajstić information content (AvgIpc) is 3.42. The van der Waals surface area contributed by atoms with E-state index in [0.717, 1.165) is 49.7 Å². The van der Waals surface area contributed by atoms with Crippen molar-refractivity contribution in [2.45, 2.75) is 26.3 Å². The number of aromatic nitrogens is 3. The number of hydrogen-bond acceptors (Lipinski definition) is 8. The standard InChI is InChI=1S/C18H21N5O3S/c1-13-10-15(25-20-13)11-22-5-7-23(8-6-22)17(24)3-2-16-19-18(21-26-16)14-4-9-27-12-14/h4,9-10,12H,2-3,5-8,11H2,1H3. The van der Waals surface area contributed by atoms with E-state index in [4.69, 9.17) is 9.05 Å². The third kappa shape index (κ3) is 4.42. The average molecular weight is 387 g/mol. The Morgan fingerprint density at radius 1 is 1.22 bits per heavy atom. The van der Waals surface area contributed by atoms with Crippen LogP contribution in [0.25, 0.3) is 11.4 Å². The Balaban J connectivity index is 1.23. The molecular weight excluding hydrogens is 366 g/mol. The fourth-order valence-electron chi connectivity index (χ4n) is 3.10. The second-order valence-corrected chi connectivity index (χ2v) is 7.40. The minimum atomic E-state index is 0.125. The molecule has 1 aliphatic rings. The van der Waals surface area contributed by atoms with E-state index in [0.29, 0.717) is 24.6 Å². The zero-order valence-corrected chi connectivity index (χ0v) is 15.9. The van der Waals surface area contributed by atoms with E-state index < -0.39 is 0 Å². The monoisotopic (exact) mass is 387 g/mol. The van der Waals surface area contributed by atoms with Gasteiger partial charge in [0.25, 0.3) is 0 Å². The van der Waals surface area contributed by atoms with Crippen molar-refractivity contribution in [2.75, 3.05) is 26.2 Å². The number of thiophene rings is 1. The lowest BCUT2D eigenvalue weighted by Crippen LogP contribution is -2.48. The normalized spacial score (nSPS) is 15.4. The van der Waals surface area contributed by atoms with Crippen LogP contribution in [0.15, 0.2) is 31.9 Å². The van der Waals surface area contributed by atoms with Gasteiger partial charge in [0, 0.05) is 56.0 Å². The first-order chi connectivity index (χ1) is 13.2. The van der Waals surface area contributed by atoms with Crippen LogP contribution in [0.1, 0.15) is 23.8 Å². The predicted molar refractivity (Wildman–Crippen MR) is 99.0 cm³/mol. The van der Waals surface area contributed by atoms with E-state index in [1.165, 1.54) is 0 Å². The minimum Gasteiger partial charge on any atom is -0.360 e. The van der Waals surface area contributed by atoms with Gasteiger partial charge in [-0.25, -0.2) is 0 Å². The summed E-state index contributed by atoms with van der Waals surface area (Å²) in [6.07, 6.45) is 0.847. The molecule has 0 N–H and O–H groups in total. The number of rotatable bonds is 6. The highest BCUT2D eigenvalue weighted by Gasteiger charge is 2.22. The van der Waals surface area contributed by atoms with Crippen LogP contribution in [0.4, 0.5) is 0 Å². The number of amides is 1. The zero-order chi connectivity index (χ0) is 18.6. The van der Waals surface area contributed by atoms with Gasteiger partial charge in [0.2, 0.25) is 17.6 Å². The van der Waals surface area contributed by atoms with Crippen molar-refractivity contribution >= 4 is 17.2 Å². The summed E-state index contributed by atoms with van der Waals surface area (Å²) >= 11 is 1.59. The first-order valence-corrected chi connectivity index (χ1v) is 9.89. The number of nitrogens with zero attached hydrogens (tertiary/aromatic N) is 5. The zero-order valence-electron chi connectivity index (χ0n) is 15.1. The molecule has 0 bridgehead atoms. The largest absolute Gasteiger partial charge is 0.360 e. The summed E-state index contributed by atoms with van der Waals surface area (Å²) in [6, 6.07) is 3.90. The van der Waals surface area contributed by atoms with E-state index in [2.05, 4.69) is 20.2 Å². The smallest absolute Gasteiger partial charge is 0.227 e. The van der Waals surface area contributed by atoms with Gasteiger partial charge in [-0.05, 0) is 18.4 Å². The first kappa shape index (κ1) is 17.9. The Bertz CT molecular complexity index is 881. The third-order valence-electron chi connectivity index (χ3n) is 4.58. The highest BCUT2D eigenvalue weighted by Crippen LogP contribution is 2.19. The summed E-state index contributed by atoms with van der Waals surface area (Å²) in [6.45, 7) is 5.74. The maximum absolute atomic E-state index is 12.5. The Morgan fingerprint density at radius 2 is 2.07 bits per heavy atom. The van der Waals surface area contributed by atoms with Gasteiger partial charge in [-0.3, -0.25) is 9.69 Å². The Kier molecular flexibility index (Phi) is 5.30. The second kappa shape index (κ2) is 8.01. The summed E-state index contributed by atoms with van der Waals surface area (Å²) in [5, 5.41) is 11.8. The van der Waals surface area contributed by atoms with Crippen molar-refractivity contribution in [3.05, 3.63) is 40.2 Å². The maximum atomic E-state index is 12.5. The summed E-state index contributed by atoms with van der Waals surface area (Å²) in [7, 11) is 0. The van der Waals surface area contributed by atoms with Crippen molar-refractivity contribution in [3.63, 3.8) is 0 Å². The maximum Gasteiger partial charge on any atom is 0.227 e. The molecule has 1 saturated heterocycles. The first-order valence-electron chi connectivity index (χ1n) is 8.95. The quantitative estimate of drug-likeness (QED) is 0.641. The van der Waals surface area contributed by atoms with Gasteiger partial charge in [0.05, 0.1) is 12.2 Å². The van der Waals surface area contributed by atoms with Crippen molar-refractivity contribution in [2.24, 2.45) is 0 Å². The molecule has 1 fully saturated rings. The minimum absolute atomic E-state index is 0.125. The molecule has 9 heteroatoms. The molecule has 3 aromatic heterocycles. The third-order valence-corrected chi connectivity index (χ3v) is 5.26. The van der Waals surface area contributed by atoms with Gasteiger partial charge in [-0.2, -0.15) is 16.3 Å². The highest BCUT2D eigenvalue weighted by atomic mass is 32.1. The number of hydrogen-bond donors (Lipinski definition) is 0. The van der Waals surface area contributed by atoms with Crippen LogP contribution in [0, 0.1) is 6.92 Å². The molecule has 142 valence electrons.